The number of nitrogens with one attached hydrogen (secondary N) is 1. The highest BCUT2D eigenvalue weighted by Gasteiger charge is 2.13. The van der Waals surface area contributed by atoms with Crippen LogP contribution in [0.25, 0.3) is 0 Å². The lowest BCUT2D eigenvalue weighted by Gasteiger charge is -2.09. The number of benzene rings is 1. The predicted molar refractivity (Wildman–Crippen MR) is 81.4 cm³/mol. The van der Waals surface area contributed by atoms with Crippen LogP contribution in [-0.2, 0) is 14.8 Å². The average Bonchev–Trinajstić information content (AvgIpc) is 2.43. The van der Waals surface area contributed by atoms with Crippen LogP contribution in [0.4, 0.5) is 0 Å². The monoisotopic (exact) mass is 299 g/mol. The third-order valence-corrected chi connectivity index (χ3v) is 4.44. The molecule has 0 fully saturated rings. The number of rotatable bonds is 9. The predicted octanol–water partition coefficient (Wildman–Crippen LogP) is 2.91. The molecular formula is C15H25NO3S. The summed E-state index contributed by atoms with van der Waals surface area (Å²) in [6, 6.07) is 7.05. The Hall–Kier alpha value is -0.910. The first kappa shape index (κ1) is 17.1. The Labute approximate surface area is 122 Å². The van der Waals surface area contributed by atoms with E-state index in [0.717, 1.165) is 18.6 Å². The molecule has 0 atom stereocenters. The molecule has 5 heteroatoms. The summed E-state index contributed by atoms with van der Waals surface area (Å²) in [5.41, 5.74) is 1.14. The summed E-state index contributed by atoms with van der Waals surface area (Å²) in [6.45, 7) is 7.92. The second-order valence-electron chi connectivity index (χ2n) is 5.09. The fourth-order valence-electron chi connectivity index (χ4n) is 1.74. The van der Waals surface area contributed by atoms with E-state index >= 15 is 0 Å². The summed E-state index contributed by atoms with van der Waals surface area (Å²) < 4.78 is 32.0. The molecule has 0 saturated carbocycles. The van der Waals surface area contributed by atoms with Crippen LogP contribution in [0.3, 0.4) is 0 Å². The van der Waals surface area contributed by atoms with Gasteiger partial charge in [-0.25, -0.2) is 13.1 Å². The Morgan fingerprint density at radius 2 is 1.80 bits per heavy atom. The van der Waals surface area contributed by atoms with Gasteiger partial charge >= 0.3 is 0 Å². The standard InChI is InChI=1S/C15H25NO3S/c1-4-11-19-12-5-10-16-20(17,18)15-8-6-14(7-9-15)13(2)3/h6-9,13,16H,4-5,10-12H2,1-3H3. The van der Waals surface area contributed by atoms with Gasteiger partial charge in [0.15, 0.2) is 0 Å². The topological polar surface area (TPSA) is 55.4 Å². The van der Waals surface area contributed by atoms with Crippen LogP contribution in [0.1, 0.15) is 45.1 Å². The maximum atomic E-state index is 12.1. The lowest BCUT2D eigenvalue weighted by molar-refractivity contribution is 0.133. The van der Waals surface area contributed by atoms with E-state index in [1.54, 1.807) is 12.1 Å². The molecular weight excluding hydrogens is 274 g/mol. The quantitative estimate of drug-likeness (QED) is 0.713. The van der Waals surface area contributed by atoms with Crippen LogP contribution in [0.2, 0.25) is 0 Å². The molecule has 0 radical (unpaired) electrons. The van der Waals surface area contributed by atoms with Crippen LogP contribution in [-0.4, -0.2) is 28.2 Å². The largest absolute Gasteiger partial charge is 0.381 e. The van der Waals surface area contributed by atoms with Crippen LogP contribution in [0.5, 0.6) is 0 Å². The van der Waals surface area contributed by atoms with Crippen molar-refractivity contribution in [2.24, 2.45) is 0 Å². The smallest absolute Gasteiger partial charge is 0.240 e. The third kappa shape index (κ3) is 5.61. The molecule has 114 valence electrons. The molecule has 1 aromatic rings. The van der Waals surface area contributed by atoms with Crippen molar-refractivity contribution in [2.75, 3.05) is 19.8 Å². The van der Waals surface area contributed by atoms with Crippen molar-refractivity contribution in [1.82, 2.24) is 4.72 Å². The van der Waals surface area contributed by atoms with Crippen molar-refractivity contribution >= 4 is 10.0 Å². The normalized spacial score (nSPS) is 12.0. The first-order chi connectivity index (χ1) is 9.47. The fourth-order valence-corrected chi connectivity index (χ4v) is 2.82. The zero-order chi connectivity index (χ0) is 15.0. The first-order valence-corrected chi connectivity index (χ1v) is 8.63. The highest BCUT2D eigenvalue weighted by molar-refractivity contribution is 7.89. The van der Waals surface area contributed by atoms with Gasteiger partial charge in [-0.2, -0.15) is 0 Å². The maximum Gasteiger partial charge on any atom is 0.240 e. The van der Waals surface area contributed by atoms with Gasteiger partial charge in [-0.15, -0.1) is 0 Å². The SMILES string of the molecule is CCCOCCCNS(=O)(=O)c1ccc(C(C)C)cc1. The third-order valence-electron chi connectivity index (χ3n) is 2.96. The summed E-state index contributed by atoms with van der Waals surface area (Å²) in [7, 11) is -3.40. The minimum absolute atomic E-state index is 0.316. The molecule has 4 nitrogen and oxygen atoms in total. The molecule has 0 aliphatic rings. The zero-order valence-electron chi connectivity index (χ0n) is 12.6. The molecule has 20 heavy (non-hydrogen) atoms. The van der Waals surface area contributed by atoms with Gasteiger partial charge in [-0.3, -0.25) is 0 Å². The molecule has 1 aromatic carbocycles. The highest BCUT2D eigenvalue weighted by atomic mass is 32.2. The zero-order valence-corrected chi connectivity index (χ0v) is 13.4. The van der Waals surface area contributed by atoms with Gasteiger partial charge in [0.25, 0.3) is 0 Å². The number of ether oxygens (including phenoxy) is 1. The van der Waals surface area contributed by atoms with Gasteiger partial charge < -0.3 is 4.74 Å². The Bertz CT molecular complexity index is 480. The summed E-state index contributed by atoms with van der Waals surface area (Å²) in [5, 5.41) is 0. The van der Waals surface area contributed by atoms with E-state index in [0.29, 0.717) is 30.4 Å². The fraction of sp³-hybridized carbons (Fsp3) is 0.600. The van der Waals surface area contributed by atoms with E-state index < -0.39 is 10.0 Å². The van der Waals surface area contributed by atoms with Crippen LogP contribution >= 0.6 is 0 Å². The summed E-state index contributed by atoms with van der Waals surface area (Å²) in [4.78, 5) is 0.316. The molecule has 0 heterocycles. The molecule has 0 saturated heterocycles. The van der Waals surface area contributed by atoms with Gasteiger partial charge in [0, 0.05) is 19.8 Å². The van der Waals surface area contributed by atoms with E-state index in [2.05, 4.69) is 18.6 Å². The van der Waals surface area contributed by atoms with E-state index in [-0.39, 0.29) is 0 Å². The van der Waals surface area contributed by atoms with E-state index in [1.165, 1.54) is 0 Å². The van der Waals surface area contributed by atoms with Crippen molar-refractivity contribution in [1.29, 1.82) is 0 Å². The minimum Gasteiger partial charge on any atom is -0.381 e. The number of sulfonamides is 1. The Kier molecular flexibility index (Phi) is 7.19. The summed E-state index contributed by atoms with van der Waals surface area (Å²) in [6.07, 6.45) is 1.66. The Morgan fingerprint density at radius 1 is 1.15 bits per heavy atom. The molecule has 0 bridgehead atoms. The summed E-state index contributed by atoms with van der Waals surface area (Å²) >= 11 is 0. The average molecular weight is 299 g/mol. The molecule has 0 unspecified atom stereocenters. The first-order valence-electron chi connectivity index (χ1n) is 7.14. The van der Waals surface area contributed by atoms with Crippen molar-refractivity contribution in [3.05, 3.63) is 29.8 Å². The van der Waals surface area contributed by atoms with E-state index in [4.69, 9.17) is 4.74 Å². The van der Waals surface area contributed by atoms with Gasteiger partial charge in [-0.05, 0) is 36.5 Å². The molecule has 0 aromatic heterocycles. The molecule has 1 N–H and O–H groups in total. The second-order valence-corrected chi connectivity index (χ2v) is 6.85. The van der Waals surface area contributed by atoms with Crippen molar-refractivity contribution < 1.29 is 13.2 Å². The molecule has 0 amide bonds. The van der Waals surface area contributed by atoms with Gasteiger partial charge in [0.2, 0.25) is 10.0 Å². The van der Waals surface area contributed by atoms with Crippen molar-refractivity contribution in [3.63, 3.8) is 0 Å². The van der Waals surface area contributed by atoms with Crippen LogP contribution in [0.15, 0.2) is 29.2 Å². The second kappa shape index (κ2) is 8.39. The van der Waals surface area contributed by atoms with Crippen LogP contribution in [0, 0.1) is 0 Å². The Balaban J connectivity index is 2.47. The van der Waals surface area contributed by atoms with Gasteiger partial charge in [0.1, 0.15) is 0 Å². The number of hydrogen-bond donors (Lipinski definition) is 1. The molecule has 0 aliphatic heterocycles. The Morgan fingerprint density at radius 3 is 2.35 bits per heavy atom. The van der Waals surface area contributed by atoms with Crippen molar-refractivity contribution in [2.45, 2.75) is 44.4 Å². The summed E-state index contributed by atoms with van der Waals surface area (Å²) in [5.74, 6) is 0.399. The molecule has 0 spiro atoms. The maximum absolute atomic E-state index is 12.1. The van der Waals surface area contributed by atoms with E-state index in [9.17, 15) is 8.42 Å². The minimum atomic E-state index is -3.40. The van der Waals surface area contributed by atoms with Crippen LogP contribution < -0.4 is 4.72 Å². The van der Waals surface area contributed by atoms with E-state index in [1.807, 2.05) is 19.1 Å². The lowest BCUT2D eigenvalue weighted by Crippen LogP contribution is -2.25. The number of hydrogen-bond acceptors (Lipinski definition) is 3. The van der Waals surface area contributed by atoms with Gasteiger partial charge in [-0.1, -0.05) is 32.9 Å². The van der Waals surface area contributed by atoms with Crippen molar-refractivity contribution in [3.8, 4) is 0 Å². The van der Waals surface area contributed by atoms with Gasteiger partial charge in [0.05, 0.1) is 4.90 Å². The molecule has 0 aliphatic carbocycles. The lowest BCUT2D eigenvalue weighted by atomic mass is 10.0. The highest BCUT2D eigenvalue weighted by Crippen LogP contribution is 2.17. The molecule has 1 rings (SSSR count).